The zero-order valence-electron chi connectivity index (χ0n) is 11.9. The zero-order valence-corrected chi connectivity index (χ0v) is 11.9. The summed E-state index contributed by atoms with van der Waals surface area (Å²) in [5.74, 6) is 0.452. The molecule has 2 rings (SSSR count). The lowest BCUT2D eigenvalue weighted by Gasteiger charge is -2.14. The summed E-state index contributed by atoms with van der Waals surface area (Å²) in [7, 11) is 1.60. The van der Waals surface area contributed by atoms with Crippen molar-refractivity contribution in [1.29, 1.82) is 0 Å². The van der Waals surface area contributed by atoms with Crippen LogP contribution in [0.2, 0.25) is 0 Å². The van der Waals surface area contributed by atoms with Crippen molar-refractivity contribution >= 4 is 5.78 Å². The minimum Gasteiger partial charge on any atom is -0.496 e. The Balaban J connectivity index is 2.37. The Labute approximate surface area is 118 Å². The lowest BCUT2D eigenvalue weighted by atomic mass is 9.95. The van der Waals surface area contributed by atoms with Gasteiger partial charge in [-0.3, -0.25) is 4.79 Å². The predicted molar refractivity (Wildman–Crippen MR) is 78.2 cm³/mol. The molecule has 2 aromatic rings. The summed E-state index contributed by atoms with van der Waals surface area (Å²) in [6.07, 6.45) is -1.14. The van der Waals surface area contributed by atoms with Crippen LogP contribution >= 0.6 is 0 Å². The van der Waals surface area contributed by atoms with Gasteiger partial charge in [0.1, 0.15) is 11.9 Å². The average molecular weight is 270 g/mol. The molecular weight excluding hydrogens is 252 g/mol. The van der Waals surface area contributed by atoms with Gasteiger partial charge in [0.2, 0.25) is 0 Å². The Bertz CT molecular complexity index is 618. The average Bonchev–Trinajstić information content (AvgIpc) is 2.48. The standard InChI is InChI=1S/C17H18O3/c1-11-10-15(20-3)12(2)9-14(11)17(19)16(18)13-7-5-4-6-8-13/h4-10,16,18H,1-3H3. The monoisotopic (exact) mass is 270 g/mol. The number of hydrogen-bond donors (Lipinski definition) is 1. The summed E-state index contributed by atoms with van der Waals surface area (Å²) < 4.78 is 5.23. The van der Waals surface area contributed by atoms with Crippen molar-refractivity contribution in [3.8, 4) is 5.75 Å². The van der Waals surface area contributed by atoms with Crippen molar-refractivity contribution in [2.45, 2.75) is 20.0 Å². The Morgan fingerprint density at radius 3 is 2.35 bits per heavy atom. The van der Waals surface area contributed by atoms with E-state index in [2.05, 4.69) is 0 Å². The molecule has 0 heterocycles. The van der Waals surface area contributed by atoms with Gasteiger partial charge in [-0.1, -0.05) is 30.3 Å². The first-order valence-corrected chi connectivity index (χ1v) is 6.47. The highest BCUT2D eigenvalue weighted by atomic mass is 16.5. The quantitative estimate of drug-likeness (QED) is 0.868. The maximum absolute atomic E-state index is 12.4. The Morgan fingerprint density at radius 1 is 1.10 bits per heavy atom. The van der Waals surface area contributed by atoms with Crippen LogP contribution in [0.1, 0.15) is 33.2 Å². The van der Waals surface area contributed by atoms with Crippen molar-refractivity contribution < 1.29 is 14.6 Å². The van der Waals surface area contributed by atoms with E-state index in [1.165, 1.54) is 0 Å². The molecular formula is C17H18O3. The molecule has 0 spiro atoms. The molecule has 0 saturated heterocycles. The summed E-state index contributed by atoms with van der Waals surface area (Å²) in [4.78, 5) is 12.4. The van der Waals surface area contributed by atoms with Gasteiger partial charge in [-0.15, -0.1) is 0 Å². The van der Waals surface area contributed by atoms with Crippen LogP contribution in [0.25, 0.3) is 0 Å². The normalized spacial score (nSPS) is 12.0. The predicted octanol–water partition coefficient (Wildman–Crippen LogP) is 3.23. The van der Waals surface area contributed by atoms with Gasteiger partial charge >= 0.3 is 0 Å². The van der Waals surface area contributed by atoms with Gasteiger partial charge in [-0.25, -0.2) is 0 Å². The molecule has 0 saturated carbocycles. The number of benzene rings is 2. The molecule has 104 valence electrons. The molecule has 0 aliphatic rings. The highest BCUT2D eigenvalue weighted by Gasteiger charge is 2.21. The van der Waals surface area contributed by atoms with Crippen LogP contribution < -0.4 is 4.74 Å². The van der Waals surface area contributed by atoms with Crippen LogP contribution in [-0.4, -0.2) is 18.0 Å². The van der Waals surface area contributed by atoms with Gasteiger partial charge in [-0.05, 0) is 42.7 Å². The molecule has 0 aromatic heterocycles. The number of carbonyl (C=O) groups is 1. The third-order valence-corrected chi connectivity index (χ3v) is 3.37. The van der Waals surface area contributed by atoms with Crippen LogP contribution in [0.15, 0.2) is 42.5 Å². The van der Waals surface area contributed by atoms with Crippen molar-refractivity contribution in [2.24, 2.45) is 0 Å². The minimum atomic E-state index is -1.14. The van der Waals surface area contributed by atoms with Crippen molar-refractivity contribution in [3.63, 3.8) is 0 Å². The van der Waals surface area contributed by atoms with E-state index < -0.39 is 6.10 Å². The van der Waals surface area contributed by atoms with Crippen LogP contribution in [0.5, 0.6) is 5.75 Å². The van der Waals surface area contributed by atoms with Crippen molar-refractivity contribution in [2.75, 3.05) is 7.11 Å². The third-order valence-electron chi connectivity index (χ3n) is 3.37. The fourth-order valence-corrected chi connectivity index (χ4v) is 2.21. The number of aliphatic hydroxyl groups is 1. The molecule has 1 N–H and O–H groups in total. The number of aliphatic hydroxyl groups excluding tert-OH is 1. The summed E-state index contributed by atoms with van der Waals surface area (Å²) in [5, 5.41) is 10.2. The summed E-state index contributed by atoms with van der Waals surface area (Å²) in [6.45, 7) is 3.72. The topological polar surface area (TPSA) is 46.5 Å². The Hall–Kier alpha value is -2.13. The number of Topliss-reactive ketones (excluding diaryl/α,β-unsaturated/α-hetero) is 1. The van der Waals surface area contributed by atoms with Gasteiger partial charge < -0.3 is 9.84 Å². The smallest absolute Gasteiger partial charge is 0.196 e. The number of methoxy groups -OCH3 is 1. The summed E-state index contributed by atoms with van der Waals surface area (Å²) in [5.41, 5.74) is 2.80. The van der Waals surface area contributed by atoms with E-state index in [9.17, 15) is 9.90 Å². The number of aryl methyl sites for hydroxylation is 2. The van der Waals surface area contributed by atoms with Gasteiger partial charge in [0.25, 0.3) is 0 Å². The SMILES string of the molecule is COc1cc(C)c(C(=O)C(O)c2ccccc2)cc1C. The number of rotatable bonds is 4. The molecule has 3 heteroatoms. The second kappa shape index (κ2) is 5.88. The first-order chi connectivity index (χ1) is 9.54. The van der Waals surface area contributed by atoms with Gasteiger partial charge in [0.15, 0.2) is 5.78 Å². The van der Waals surface area contributed by atoms with Crippen LogP contribution in [-0.2, 0) is 0 Å². The molecule has 1 atom stereocenters. The largest absolute Gasteiger partial charge is 0.496 e. The fourth-order valence-electron chi connectivity index (χ4n) is 2.21. The van der Waals surface area contributed by atoms with E-state index in [1.54, 1.807) is 37.4 Å². The second-order valence-electron chi connectivity index (χ2n) is 4.81. The number of hydrogen-bond acceptors (Lipinski definition) is 3. The van der Waals surface area contributed by atoms with Gasteiger partial charge in [0.05, 0.1) is 7.11 Å². The molecule has 3 nitrogen and oxygen atoms in total. The summed E-state index contributed by atoms with van der Waals surface area (Å²) in [6, 6.07) is 12.5. The third kappa shape index (κ3) is 2.73. The van der Waals surface area contributed by atoms with Gasteiger partial charge in [0, 0.05) is 5.56 Å². The maximum atomic E-state index is 12.4. The number of ether oxygens (including phenoxy) is 1. The molecule has 0 fully saturated rings. The first-order valence-electron chi connectivity index (χ1n) is 6.47. The second-order valence-corrected chi connectivity index (χ2v) is 4.81. The fraction of sp³-hybridized carbons (Fsp3) is 0.235. The number of ketones is 1. The lowest BCUT2D eigenvalue weighted by Crippen LogP contribution is -2.14. The molecule has 20 heavy (non-hydrogen) atoms. The van der Waals surface area contributed by atoms with Crippen LogP contribution in [0.4, 0.5) is 0 Å². The highest BCUT2D eigenvalue weighted by molar-refractivity contribution is 6.01. The molecule has 2 aromatic carbocycles. The van der Waals surface area contributed by atoms with E-state index in [0.717, 1.165) is 16.9 Å². The van der Waals surface area contributed by atoms with Crippen LogP contribution in [0.3, 0.4) is 0 Å². The first kappa shape index (κ1) is 14.3. The molecule has 1 unspecified atom stereocenters. The van der Waals surface area contributed by atoms with E-state index in [1.807, 2.05) is 26.0 Å². The highest BCUT2D eigenvalue weighted by Crippen LogP contribution is 2.26. The zero-order chi connectivity index (χ0) is 14.7. The summed E-state index contributed by atoms with van der Waals surface area (Å²) >= 11 is 0. The van der Waals surface area contributed by atoms with Crippen LogP contribution in [0, 0.1) is 13.8 Å². The van der Waals surface area contributed by atoms with E-state index in [0.29, 0.717) is 11.1 Å². The maximum Gasteiger partial charge on any atom is 0.196 e. The van der Waals surface area contributed by atoms with E-state index in [4.69, 9.17) is 4.74 Å². The Morgan fingerprint density at radius 2 is 1.75 bits per heavy atom. The lowest BCUT2D eigenvalue weighted by molar-refractivity contribution is 0.0746. The van der Waals surface area contributed by atoms with E-state index >= 15 is 0 Å². The van der Waals surface area contributed by atoms with Crippen molar-refractivity contribution in [3.05, 3.63) is 64.7 Å². The van der Waals surface area contributed by atoms with E-state index in [-0.39, 0.29) is 5.78 Å². The Kier molecular flexibility index (Phi) is 4.20. The number of carbonyl (C=O) groups excluding carboxylic acids is 1. The van der Waals surface area contributed by atoms with Crippen molar-refractivity contribution in [1.82, 2.24) is 0 Å². The molecule has 0 bridgehead atoms. The van der Waals surface area contributed by atoms with Gasteiger partial charge in [-0.2, -0.15) is 0 Å². The molecule has 0 radical (unpaired) electrons. The molecule has 0 aliphatic heterocycles. The molecule has 0 aliphatic carbocycles. The minimum absolute atomic E-state index is 0.292. The molecule has 0 amide bonds.